The van der Waals surface area contributed by atoms with E-state index in [2.05, 4.69) is 26.3 Å². The molecule has 0 saturated heterocycles. The molecule has 0 radical (unpaired) electrons. The van der Waals surface area contributed by atoms with E-state index in [1.807, 2.05) is 20.8 Å². The largest absolute Gasteiger partial charge is 0.404 e. The van der Waals surface area contributed by atoms with Crippen LogP contribution in [-0.2, 0) is 6.54 Å². The molecule has 0 aromatic carbocycles. The molecule has 102 valence electrons. The minimum Gasteiger partial charge on any atom is -0.390 e. The van der Waals surface area contributed by atoms with E-state index in [0.717, 1.165) is 0 Å². The number of aromatic nitrogens is 2. The third-order valence-corrected chi connectivity index (χ3v) is 2.70. The second-order valence-electron chi connectivity index (χ2n) is 5.06. The van der Waals surface area contributed by atoms with Gasteiger partial charge in [-0.3, -0.25) is 0 Å². The summed E-state index contributed by atoms with van der Waals surface area (Å²) in [7, 11) is 0. The van der Waals surface area contributed by atoms with E-state index in [-0.39, 0.29) is 17.9 Å². The van der Waals surface area contributed by atoms with Crippen LogP contribution in [0.5, 0.6) is 0 Å². The van der Waals surface area contributed by atoms with Gasteiger partial charge in [0.25, 0.3) is 0 Å². The molecule has 1 heterocycles. The van der Waals surface area contributed by atoms with Crippen LogP contribution >= 0.6 is 15.9 Å². The number of halogens is 1. The number of hydrogen-bond donors (Lipinski definition) is 2. The second kappa shape index (κ2) is 5.77. The Morgan fingerprint density at radius 2 is 2.28 bits per heavy atom. The fourth-order valence-corrected chi connectivity index (χ4v) is 1.77. The maximum absolute atomic E-state index is 10.6. The van der Waals surface area contributed by atoms with E-state index in [9.17, 15) is 15.2 Å². The molecule has 0 amide bonds. The number of nitro groups is 1. The molecule has 0 bridgehead atoms. The SMILES string of the molecule is CC(C)(C)NCC(O)Cn1cc(Br)c([N+](=O)[O-])n1. The lowest BCUT2D eigenvalue weighted by molar-refractivity contribution is -0.390. The summed E-state index contributed by atoms with van der Waals surface area (Å²) in [5.74, 6) is -0.244. The average molecular weight is 321 g/mol. The summed E-state index contributed by atoms with van der Waals surface area (Å²) in [6.07, 6.45) is 0.828. The van der Waals surface area contributed by atoms with Crippen LogP contribution in [0.3, 0.4) is 0 Å². The Morgan fingerprint density at radius 3 is 2.72 bits per heavy atom. The summed E-state index contributed by atoms with van der Waals surface area (Å²) >= 11 is 3.06. The first-order valence-electron chi connectivity index (χ1n) is 5.49. The average Bonchev–Trinajstić information content (AvgIpc) is 2.55. The number of hydrogen-bond acceptors (Lipinski definition) is 5. The van der Waals surface area contributed by atoms with E-state index >= 15 is 0 Å². The summed E-state index contributed by atoms with van der Waals surface area (Å²) < 4.78 is 1.67. The van der Waals surface area contributed by atoms with E-state index < -0.39 is 11.0 Å². The van der Waals surface area contributed by atoms with Crippen LogP contribution in [0.2, 0.25) is 0 Å². The van der Waals surface area contributed by atoms with Crippen LogP contribution in [0.1, 0.15) is 20.8 Å². The smallest absolute Gasteiger partial charge is 0.390 e. The molecule has 0 saturated carbocycles. The highest BCUT2D eigenvalue weighted by Gasteiger charge is 2.20. The lowest BCUT2D eigenvalue weighted by Crippen LogP contribution is -2.42. The highest BCUT2D eigenvalue weighted by atomic mass is 79.9. The van der Waals surface area contributed by atoms with E-state index in [0.29, 0.717) is 11.0 Å². The summed E-state index contributed by atoms with van der Waals surface area (Å²) in [5, 5.41) is 27.3. The lowest BCUT2D eigenvalue weighted by atomic mass is 10.1. The van der Waals surface area contributed by atoms with Crippen molar-refractivity contribution in [2.24, 2.45) is 0 Å². The van der Waals surface area contributed by atoms with Gasteiger partial charge in [-0.25, -0.2) is 0 Å². The monoisotopic (exact) mass is 320 g/mol. The Bertz CT molecular complexity index is 427. The third-order valence-electron chi connectivity index (χ3n) is 2.14. The fraction of sp³-hybridized carbons (Fsp3) is 0.700. The van der Waals surface area contributed by atoms with Crippen molar-refractivity contribution in [2.75, 3.05) is 6.54 Å². The van der Waals surface area contributed by atoms with Crippen molar-refractivity contribution in [1.29, 1.82) is 0 Å². The Kier molecular flexibility index (Phi) is 4.83. The van der Waals surface area contributed by atoms with Crippen molar-refractivity contribution >= 4 is 21.7 Å². The second-order valence-corrected chi connectivity index (χ2v) is 5.92. The van der Waals surface area contributed by atoms with Crippen LogP contribution < -0.4 is 5.32 Å². The van der Waals surface area contributed by atoms with E-state index in [1.165, 1.54) is 10.9 Å². The van der Waals surface area contributed by atoms with Crippen LogP contribution in [0.15, 0.2) is 10.7 Å². The van der Waals surface area contributed by atoms with Gasteiger partial charge in [0.1, 0.15) is 4.47 Å². The number of nitrogens with one attached hydrogen (secondary N) is 1. The van der Waals surface area contributed by atoms with Gasteiger partial charge in [-0.05, 0) is 41.6 Å². The van der Waals surface area contributed by atoms with Gasteiger partial charge in [0.15, 0.2) is 0 Å². The van der Waals surface area contributed by atoms with Crippen LogP contribution in [0.25, 0.3) is 0 Å². The van der Waals surface area contributed by atoms with Gasteiger partial charge in [-0.1, -0.05) is 0 Å². The van der Waals surface area contributed by atoms with E-state index in [4.69, 9.17) is 0 Å². The summed E-state index contributed by atoms with van der Waals surface area (Å²) in [4.78, 5) is 10.0. The Hall–Kier alpha value is -0.990. The van der Waals surface area contributed by atoms with Crippen molar-refractivity contribution < 1.29 is 10.0 Å². The fourth-order valence-electron chi connectivity index (χ4n) is 1.31. The molecule has 1 aromatic heterocycles. The predicted molar refractivity (Wildman–Crippen MR) is 70.3 cm³/mol. The molecule has 0 fully saturated rings. The third kappa shape index (κ3) is 4.71. The van der Waals surface area contributed by atoms with Crippen molar-refractivity contribution in [1.82, 2.24) is 15.1 Å². The Morgan fingerprint density at radius 1 is 1.67 bits per heavy atom. The number of aliphatic hydroxyl groups excluding tert-OH is 1. The van der Waals surface area contributed by atoms with Crippen molar-refractivity contribution in [3.8, 4) is 0 Å². The number of β-amino-alcohol motifs (C(OH)–C–C–N with tert-alkyl or cyclic N) is 1. The lowest BCUT2D eigenvalue weighted by Gasteiger charge is -2.22. The number of nitrogens with zero attached hydrogens (tertiary/aromatic N) is 3. The van der Waals surface area contributed by atoms with Crippen LogP contribution in [0, 0.1) is 10.1 Å². The molecule has 8 heteroatoms. The zero-order valence-corrected chi connectivity index (χ0v) is 12.1. The summed E-state index contributed by atoms with van der Waals surface area (Å²) in [5.41, 5.74) is -0.0856. The first-order valence-corrected chi connectivity index (χ1v) is 6.29. The van der Waals surface area contributed by atoms with Crippen molar-refractivity contribution in [3.05, 3.63) is 20.8 Å². The zero-order chi connectivity index (χ0) is 13.9. The highest BCUT2D eigenvalue weighted by molar-refractivity contribution is 9.10. The van der Waals surface area contributed by atoms with Gasteiger partial charge in [0, 0.05) is 12.1 Å². The summed E-state index contributed by atoms with van der Waals surface area (Å²) in [6, 6.07) is 0. The molecule has 1 aromatic rings. The molecule has 0 aliphatic carbocycles. The molecule has 1 rings (SSSR count). The molecule has 0 aliphatic heterocycles. The van der Waals surface area contributed by atoms with Gasteiger partial charge in [0.05, 0.1) is 23.9 Å². The van der Waals surface area contributed by atoms with Crippen LogP contribution in [-0.4, -0.2) is 38.0 Å². The van der Waals surface area contributed by atoms with Gasteiger partial charge in [-0.15, -0.1) is 0 Å². The van der Waals surface area contributed by atoms with Gasteiger partial charge in [-0.2, -0.15) is 4.68 Å². The molecular formula is C10H17BrN4O3. The Labute approximate surface area is 113 Å². The number of rotatable bonds is 5. The first kappa shape index (κ1) is 15.1. The van der Waals surface area contributed by atoms with Crippen LogP contribution in [0.4, 0.5) is 5.82 Å². The molecule has 2 N–H and O–H groups in total. The van der Waals surface area contributed by atoms with Crippen molar-refractivity contribution in [2.45, 2.75) is 39.0 Å². The maximum Gasteiger partial charge on any atom is 0.404 e. The molecular weight excluding hydrogens is 304 g/mol. The summed E-state index contributed by atoms with van der Waals surface area (Å²) in [6.45, 7) is 6.59. The predicted octanol–water partition coefficient (Wildman–Crippen LogP) is 1.30. The van der Waals surface area contributed by atoms with Gasteiger partial charge in [0.2, 0.25) is 0 Å². The maximum atomic E-state index is 10.6. The zero-order valence-electron chi connectivity index (χ0n) is 10.6. The molecule has 1 unspecified atom stereocenters. The number of aliphatic hydroxyl groups is 1. The first-order chi connectivity index (χ1) is 8.19. The quantitative estimate of drug-likeness (QED) is 0.630. The molecule has 18 heavy (non-hydrogen) atoms. The molecule has 0 aliphatic rings. The molecule has 0 spiro atoms. The minimum atomic E-state index is -0.657. The molecule has 1 atom stereocenters. The molecule has 7 nitrogen and oxygen atoms in total. The van der Waals surface area contributed by atoms with Gasteiger partial charge < -0.3 is 20.5 Å². The highest BCUT2D eigenvalue weighted by Crippen LogP contribution is 2.22. The minimum absolute atomic E-state index is 0.0856. The van der Waals surface area contributed by atoms with E-state index in [1.54, 1.807) is 0 Å². The topological polar surface area (TPSA) is 93.2 Å². The Balaban J connectivity index is 2.57. The van der Waals surface area contributed by atoms with Crippen molar-refractivity contribution in [3.63, 3.8) is 0 Å². The van der Waals surface area contributed by atoms with Gasteiger partial charge >= 0.3 is 5.82 Å². The normalized spacial score (nSPS) is 13.6. The standard InChI is InChI=1S/C10H17BrN4O3/c1-10(2,3)12-4-7(16)5-14-6-8(11)9(13-14)15(17)18/h6-7,12,16H,4-5H2,1-3H3.